The first kappa shape index (κ1) is 22.2. The number of halogens is 1. The highest BCUT2D eigenvalue weighted by molar-refractivity contribution is 7.89. The number of H-pyrrole nitrogens is 1. The molecule has 1 aliphatic rings. The zero-order valence-electron chi connectivity index (χ0n) is 16.3. The van der Waals surface area contributed by atoms with Gasteiger partial charge in [-0.15, -0.1) is 0 Å². The third-order valence-electron chi connectivity index (χ3n) is 5.17. The van der Waals surface area contributed by atoms with Crippen LogP contribution in [0.15, 0.2) is 32.7 Å². The molecule has 0 radical (unpaired) electrons. The van der Waals surface area contributed by atoms with Crippen LogP contribution in [-0.4, -0.2) is 40.8 Å². The van der Waals surface area contributed by atoms with Crippen LogP contribution in [0.5, 0.6) is 0 Å². The van der Waals surface area contributed by atoms with Gasteiger partial charge in [0.15, 0.2) is 0 Å². The van der Waals surface area contributed by atoms with E-state index in [9.17, 15) is 28.1 Å². The fourth-order valence-electron chi connectivity index (χ4n) is 3.57. The third-order valence-corrected chi connectivity index (χ3v) is 7.51. The van der Waals surface area contributed by atoms with Crippen molar-refractivity contribution in [1.82, 2.24) is 13.9 Å². The Kier molecular flexibility index (Phi) is 6.44. The minimum absolute atomic E-state index is 0.0572. The van der Waals surface area contributed by atoms with Gasteiger partial charge in [-0.1, -0.05) is 11.6 Å². The zero-order chi connectivity index (χ0) is 22.1. The first-order valence-corrected chi connectivity index (χ1v) is 11.2. The highest BCUT2D eigenvalue weighted by Crippen LogP contribution is 2.28. The van der Waals surface area contributed by atoms with E-state index < -0.39 is 20.6 Å². The van der Waals surface area contributed by atoms with Gasteiger partial charge < -0.3 is 0 Å². The molecule has 0 saturated heterocycles. The number of nitrogens with zero attached hydrogens (tertiary/aromatic N) is 3. The lowest BCUT2D eigenvalue weighted by atomic mass is 9.97. The van der Waals surface area contributed by atoms with E-state index in [0.29, 0.717) is 30.5 Å². The molecule has 10 nitrogen and oxygen atoms in total. The maximum atomic E-state index is 12.8. The Bertz CT molecular complexity index is 1200. The van der Waals surface area contributed by atoms with Crippen molar-refractivity contribution in [1.29, 1.82) is 0 Å². The molecule has 1 aliphatic carbocycles. The molecular formula is C18H21ClN4O6S. The van der Waals surface area contributed by atoms with E-state index in [0.717, 1.165) is 29.3 Å². The summed E-state index contributed by atoms with van der Waals surface area (Å²) >= 11 is 5.97. The van der Waals surface area contributed by atoms with Crippen LogP contribution in [0.1, 0.15) is 30.5 Å². The standard InChI is InChI=1S/C18H21ClN4O6S/c1-21(30(28,29)16-11-12(23(26)27)7-8-14(16)19)9-4-10-22-15-6-3-2-5-13(15)17(24)20-18(22)25/h7-8,11H,2-6,9-10H2,1H3,(H,20,24,25). The van der Waals surface area contributed by atoms with Gasteiger partial charge in [0.2, 0.25) is 10.0 Å². The van der Waals surface area contributed by atoms with Crippen LogP contribution in [0.4, 0.5) is 5.69 Å². The molecule has 162 valence electrons. The first-order chi connectivity index (χ1) is 14.1. The molecule has 1 N–H and O–H groups in total. The summed E-state index contributed by atoms with van der Waals surface area (Å²) in [6.07, 6.45) is 3.33. The number of aromatic nitrogens is 2. The van der Waals surface area contributed by atoms with Gasteiger partial charge in [-0.25, -0.2) is 17.5 Å². The molecule has 1 aromatic heterocycles. The molecule has 0 fully saturated rings. The third kappa shape index (κ3) is 4.32. The van der Waals surface area contributed by atoms with Crippen molar-refractivity contribution in [3.8, 4) is 0 Å². The Balaban J connectivity index is 1.78. The number of hydrogen-bond donors (Lipinski definition) is 1. The number of nitro benzene ring substituents is 1. The van der Waals surface area contributed by atoms with E-state index in [-0.39, 0.29) is 34.3 Å². The molecule has 0 aliphatic heterocycles. The van der Waals surface area contributed by atoms with Gasteiger partial charge in [-0.3, -0.25) is 24.5 Å². The summed E-state index contributed by atoms with van der Waals surface area (Å²) in [7, 11) is -2.72. The second kappa shape index (κ2) is 8.70. The first-order valence-electron chi connectivity index (χ1n) is 9.38. The second-order valence-electron chi connectivity index (χ2n) is 7.10. The second-order valence-corrected chi connectivity index (χ2v) is 9.52. The van der Waals surface area contributed by atoms with Gasteiger partial charge in [0.1, 0.15) is 4.90 Å². The average molecular weight is 457 g/mol. The lowest BCUT2D eigenvalue weighted by Crippen LogP contribution is -2.37. The molecule has 0 amide bonds. The van der Waals surface area contributed by atoms with Crippen molar-refractivity contribution in [3.05, 3.63) is 65.4 Å². The molecular weight excluding hydrogens is 436 g/mol. The molecule has 0 bridgehead atoms. The van der Waals surface area contributed by atoms with Crippen LogP contribution >= 0.6 is 11.6 Å². The fourth-order valence-corrected chi connectivity index (χ4v) is 5.27. The van der Waals surface area contributed by atoms with Crippen LogP contribution in [0.25, 0.3) is 0 Å². The van der Waals surface area contributed by atoms with E-state index in [2.05, 4.69) is 4.98 Å². The van der Waals surface area contributed by atoms with Crippen molar-refractivity contribution in [2.75, 3.05) is 13.6 Å². The maximum absolute atomic E-state index is 12.8. The predicted octanol–water partition coefficient (Wildman–Crippen LogP) is 1.69. The summed E-state index contributed by atoms with van der Waals surface area (Å²) in [5.74, 6) is 0. The lowest BCUT2D eigenvalue weighted by molar-refractivity contribution is -0.385. The summed E-state index contributed by atoms with van der Waals surface area (Å²) in [5, 5.41) is 10.8. The van der Waals surface area contributed by atoms with Crippen LogP contribution < -0.4 is 11.2 Å². The Labute approximate surface area is 177 Å². The quantitative estimate of drug-likeness (QED) is 0.497. The predicted molar refractivity (Wildman–Crippen MR) is 111 cm³/mol. The van der Waals surface area contributed by atoms with Crippen LogP contribution in [0, 0.1) is 10.1 Å². The molecule has 0 spiro atoms. The summed E-state index contributed by atoms with van der Waals surface area (Å²) in [5.41, 5.74) is 0.0871. The number of nitro groups is 1. The number of fused-ring (bicyclic) bond motifs is 1. The SMILES string of the molecule is CN(CCCn1c2c(c(=O)[nH]c1=O)CCCC2)S(=O)(=O)c1cc([N+](=O)[O-])ccc1Cl. The zero-order valence-corrected chi connectivity index (χ0v) is 17.8. The molecule has 0 saturated carbocycles. The number of nitrogens with one attached hydrogen (secondary N) is 1. The monoisotopic (exact) mass is 456 g/mol. The largest absolute Gasteiger partial charge is 0.328 e. The van der Waals surface area contributed by atoms with Gasteiger partial charge in [-0.05, 0) is 38.2 Å². The number of rotatable bonds is 7. The van der Waals surface area contributed by atoms with Crippen molar-refractivity contribution < 1.29 is 13.3 Å². The lowest BCUT2D eigenvalue weighted by Gasteiger charge is -2.21. The van der Waals surface area contributed by atoms with Crippen molar-refractivity contribution in [2.24, 2.45) is 0 Å². The van der Waals surface area contributed by atoms with E-state index in [1.165, 1.54) is 17.7 Å². The van der Waals surface area contributed by atoms with Gasteiger partial charge in [0, 0.05) is 43.5 Å². The molecule has 3 rings (SSSR count). The molecule has 30 heavy (non-hydrogen) atoms. The minimum atomic E-state index is -4.06. The molecule has 1 heterocycles. The van der Waals surface area contributed by atoms with Crippen LogP contribution in [-0.2, 0) is 29.4 Å². The van der Waals surface area contributed by atoms with Crippen LogP contribution in [0.2, 0.25) is 5.02 Å². The summed E-state index contributed by atoms with van der Waals surface area (Å²) in [6, 6.07) is 3.23. The van der Waals surface area contributed by atoms with Gasteiger partial charge in [0.05, 0.1) is 9.95 Å². The smallest absolute Gasteiger partial charge is 0.297 e. The van der Waals surface area contributed by atoms with E-state index in [1.54, 1.807) is 0 Å². The number of sulfonamides is 1. The minimum Gasteiger partial charge on any atom is -0.297 e. The number of non-ortho nitro benzene ring substituents is 1. The highest BCUT2D eigenvalue weighted by Gasteiger charge is 2.26. The van der Waals surface area contributed by atoms with Gasteiger partial charge in [-0.2, -0.15) is 0 Å². The van der Waals surface area contributed by atoms with E-state index >= 15 is 0 Å². The number of aromatic amines is 1. The average Bonchev–Trinajstić information content (AvgIpc) is 2.70. The van der Waals surface area contributed by atoms with Crippen molar-refractivity contribution >= 4 is 27.3 Å². The van der Waals surface area contributed by atoms with Crippen LogP contribution in [0.3, 0.4) is 0 Å². The maximum Gasteiger partial charge on any atom is 0.328 e. The normalized spacial score (nSPS) is 14.0. The van der Waals surface area contributed by atoms with E-state index in [4.69, 9.17) is 11.6 Å². The Hall–Kier alpha value is -2.50. The Morgan fingerprint density at radius 2 is 1.97 bits per heavy atom. The molecule has 12 heteroatoms. The Morgan fingerprint density at radius 1 is 1.27 bits per heavy atom. The molecule has 2 aromatic rings. The summed E-state index contributed by atoms with van der Waals surface area (Å²) in [6.45, 7) is 0.294. The molecule has 0 unspecified atom stereocenters. The van der Waals surface area contributed by atoms with Gasteiger partial charge >= 0.3 is 5.69 Å². The molecule has 1 aromatic carbocycles. The molecule has 0 atom stereocenters. The number of hydrogen-bond acceptors (Lipinski definition) is 6. The fraction of sp³-hybridized carbons (Fsp3) is 0.444. The highest BCUT2D eigenvalue weighted by atomic mass is 35.5. The topological polar surface area (TPSA) is 135 Å². The summed E-state index contributed by atoms with van der Waals surface area (Å²) < 4.78 is 28.2. The van der Waals surface area contributed by atoms with Crippen molar-refractivity contribution in [3.63, 3.8) is 0 Å². The number of benzene rings is 1. The Morgan fingerprint density at radius 3 is 2.67 bits per heavy atom. The summed E-state index contributed by atoms with van der Waals surface area (Å²) in [4.78, 5) is 36.5. The van der Waals surface area contributed by atoms with E-state index in [1.807, 2.05) is 0 Å². The van der Waals surface area contributed by atoms with Crippen molar-refractivity contribution in [2.45, 2.75) is 43.5 Å². The van der Waals surface area contributed by atoms with Gasteiger partial charge in [0.25, 0.3) is 11.2 Å².